The number of imidazole rings is 1. The number of nitrogen functional groups attached to an aromatic ring is 1. The Bertz CT molecular complexity index is 623. The molecule has 1 aromatic heterocycles. The van der Waals surface area contributed by atoms with E-state index in [2.05, 4.69) is 20.5 Å². The van der Waals surface area contributed by atoms with E-state index in [0.29, 0.717) is 11.3 Å². The third kappa shape index (κ3) is 1.68. The Kier molecular flexibility index (Phi) is 2.41. The number of nitrogens with two attached hydrogens (primary N) is 1. The van der Waals surface area contributed by atoms with Crippen molar-refractivity contribution in [2.45, 2.75) is 13.1 Å². The zero-order valence-corrected chi connectivity index (χ0v) is 9.87. The molecule has 2 N–H and O–H groups in total. The van der Waals surface area contributed by atoms with Crippen LogP contribution >= 0.6 is 0 Å². The topological polar surface area (TPSA) is 70.9 Å². The second-order valence-corrected chi connectivity index (χ2v) is 4.34. The van der Waals surface area contributed by atoms with Gasteiger partial charge in [-0.25, -0.2) is 4.98 Å². The highest BCUT2D eigenvalue weighted by molar-refractivity contribution is 5.62. The third-order valence-corrected chi connectivity index (χ3v) is 3.27. The van der Waals surface area contributed by atoms with Crippen LogP contribution in [0, 0.1) is 11.3 Å². The van der Waals surface area contributed by atoms with Gasteiger partial charge in [-0.1, -0.05) is 0 Å². The molecule has 2 aromatic rings. The van der Waals surface area contributed by atoms with Gasteiger partial charge in [0.15, 0.2) is 0 Å². The molecule has 1 aromatic carbocycles. The average Bonchev–Trinajstić information content (AvgIpc) is 2.86. The molecule has 18 heavy (non-hydrogen) atoms. The molecule has 0 unspecified atom stereocenters. The Morgan fingerprint density at radius 1 is 1.33 bits per heavy atom. The zero-order chi connectivity index (χ0) is 12.5. The molecule has 5 heteroatoms. The number of hydrogen-bond acceptors (Lipinski definition) is 4. The monoisotopic (exact) mass is 239 g/mol. The van der Waals surface area contributed by atoms with E-state index in [1.807, 2.05) is 24.5 Å². The molecule has 90 valence electrons. The normalized spacial score (nSPS) is 14.1. The molecule has 0 atom stereocenters. The number of rotatable bonds is 1. The summed E-state index contributed by atoms with van der Waals surface area (Å²) in [7, 11) is 0. The molecule has 0 saturated heterocycles. The number of benzene rings is 1. The summed E-state index contributed by atoms with van der Waals surface area (Å²) in [5.41, 5.74) is 7.81. The molecule has 0 amide bonds. The van der Waals surface area contributed by atoms with Gasteiger partial charge in [0, 0.05) is 36.9 Å². The molecular weight excluding hydrogens is 226 g/mol. The number of hydrogen-bond donors (Lipinski definition) is 1. The minimum absolute atomic E-state index is 0.528. The SMILES string of the molecule is N#Cc1cc(N2CCn3ccnc3C2)ccc1N. The smallest absolute Gasteiger partial charge is 0.128 e. The first-order valence-electron chi connectivity index (χ1n) is 5.82. The fourth-order valence-corrected chi connectivity index (χ4v) is 2.23. The lowest BCUT2D eigenvalue weighted by Crippen LogP contribution is -2.33. The van der Waals surface area contributed by atoms with Gasteiger partial charge in [-0.2, -0.15) is 5.26 Å². The van der Waals surface area contributed by atoms with E-state index >= 15 is 0 Å². The van der Waals surface area contributed by atoms with E-state index in [4.69, 9.17) is 11.0 Å². The van der Waals surface area contributed by atoms with Crippen molar-refractivity contribution in [2.24, 2.45) is 0 Å². The van der Waals surface area contributed by atoms with E-state index in [1.54, 1.807) is 6.07 Å². The molecule has 0 bridgehead atoms. The Morgan fingerprint density at radius 3 is 3.06 bits per heavy atom. The number of anilines is 2. The van der Waals surface area contributed by atoms with Crippen LogP contribution in [0.2, 0.25) is 0 Å². The maximum absolute atomic E-state index is 9.00. The number of nitrogens with zero attached hydrogens (tertiary/aromatic N) is 4. The van der Waals surface area contributed by atoms with E-state index in [9.17, 15) is 0 Å². The van der Waals surface area contributed by atoms with Gasteiger partial charge in [0.1, 0.15) is 11.9 Å². The third-order valence-electron chi connectivity index (χ3n) is 3.27. The maximum Gasteiger partial charge on any atom is 0.128 e. The summed E-state index contributed by atoms with van der Waals surface area (Å²) in [6, 6.07) is 7.70. The van der Waals surface area contributed by atoms with Crippen LogP contribution < -0.4 is 10.6 Å². The predicted octanol–water partition coefficient (Wildman–Crippen LogP) is 1.36. The summed E-state index contributed by atoms with van der Waals surface area (Å²) < 4.78 is 2.15. The molecule has 0 aliphatic carbocycles. The van der Waals surface area contributed by atoms with Crippen molar-refractivity contribution in [3.63, 3.8) is 0 Å². The van der Waals surface area contributed by atoms with Crippen LogP contribution in [-0.2, 0) is 13.1 Å². The average molecular weight is 239 g/mol. The first-order chi connectivity index (χ1) is 8.78. The van der Waals surface area contributed by atoms with Crippen molar-refractivity contribution in [1.82, 2.24) is 9.55 Å². The highest BCUT2D eigenvalue weighted by Crippen LogP contribution is 2.24. The van der Waals surface area contributed by atoms with E-state index in [0.717, 1.165) is 31.1 Å². The number of nitriles is 1. The Hall–Kier alpha value is -2.48. The molecule has 1 aliphatic rings. The van der Waals surface area contributed by atoms with Gasteiger partial charge >= 0.3 is 0 Å². The van der Waals surface area contributed by atoms with Crippen molar-refractivity contribution in [3.8, 4) is 6.07 Å². The molecule has 1 aliphatic heterocycles. The van der Waals surface area contributed by atoms with Crippen LogP contribution in [0.4, 0.5) is 11.4 Å². The fraction of sp³-hybridized carbons (Fsp3) is 0.231. The lowest BCUT2D eigenvalue weighted by molar-refractivity contribution is 0.560. The van der Waals surface area contributed by atoms with E-state index < -0.39 is 0 Å². The molecule has 0 fully saturated rings. The summed E-state index contributed by atoms with van der Waals surface area (Å²) >= 11 is 0. The van der Waals surface area contributed by atoms with Crippen LogP contribution in [0.3, 0.4) is 0 Å². The highest BCUT2D eigenvalue weighted by Gasteiger charge is 2.17. The minimum atomic E-state index is 0.528. The first-order valence-corrected chi connectivity index (χ1v) is 5.82. The van der Waals surface area contributed by atoms with Gasteiger partial charge in [-0.15, -0.1) is 0 Å². The molecular formula is C13H13N5. The van der Waals surface area contributed by atoms with Gasteiger partial charge < -0.3 is 15.2 Å². The second-order valence-electron chi connectivity index (χ2n) is 4.34. The van der Waals surface area contributed by atoms with Crippen molar-refractivity contribution in [3.05, 3.63) is 42.0 Å². The second kappa shape index (κ2) is 4.08. The molecule has 0 saturated carbocycles. The number of fused-ring (bicyclic) bond motifs is 1. The van der Waals surface area contributed by atoms with Gasteiger partial charge in [0.2, 0.25) is 0 Å². The summed E-state index contributed by atoms with van der Waals surface area (Å²) in [5.74, 6) is 1.05. The minimum Gasteiger partial charge on any atom is -0.398 e. The summed E-state index contributed by atoms with van der Waals surface area (Å²) in [6.07, 6.45) is 3.82. The van der Waals surface area contributed by atoms with E-state index in [1.165, 1.54) is 0 Å². The standard InChI is InChI=1S/C13H13N5/c14-8-10-7-11(1-2-12(10)15)18-6-5-17-4-3-16-13(17)9-18/h1-4,7H,5-6,9,15H2. The lowest BCUT2D eigenvalue weighted by atomic mass is 10.1. The Morgan fingerprint density at radius 2 is 2.22 bits per heavy atom. The van der Waals surface area contributed by atoms with Gasteiger partial charge in [0.25, 0.3) is 0 Å². The van der Waals surface area contributed by atoms with Crippen LogP contribution in [0.15, 0.2) is 30.6 Å². The summed E-state index contributed by atoms with van der Waals surface area (Å²) in [5, 5.41) is 9.00. The first kappa shape index (κ1) is 10.7. The highest BCUT2D eigenvalue weighted by atomic mass is 15.2. The predicted molar refractivity (Wildman–Crippen MR) is 68.8 cm³/mol. The quantitative estimate of drug-likeness (QED) is 0.763. The summed E-state index contributed by atoms with van der Waals surface area (Å²) in [4.78, 5) is 6.54. The van der Waals surface area contributed by atoms with Crippen LogP contribution in [0.25, 0.3) is 0 Å². The molecule has 0 radical (unpaired) electrons. The van der Waals surface area contributed by atoms with Crippen LogP contribution in [-0.4, -0.2) is 16.1 Å². The van der Waals surface area contributed by atoms with Crippen molar-refractivity contribution >= 4 is 11.4 Å². The largest absolute Gasteiger partial charge is 0.398 e. The fourth-order valence-electron chi connectivity index (χ4n) is 2.23. The molecule has 3 rings (SSSR count). The molecule has 5 nitrogen and oxygen atoms in total. The zero-order valence-electron chi connectivity index (χ0n) is 9.87. The molecule has 0 spiro atoms. The van der Waals surface area contributed by atoms with Crippen molar-refractivity contribution < 1.29 is 0 Å². The lowest BCUT2D eigenvalue weighted by Gasteiger charge is -2.29. The van der Waals surface area contributed by atoms with Gasteiger partial charge in [-0.05, 0) is 18.2 Å². The number of aromatic nitrogens is 2. The Labute approximate surface area is 105 Å². The van der Waals surface area contributed by atoms with Gasteiger partial charge in [0.05, 0.1) is 12.1 Å². The van der Waals surface area contributed by atoms with E-state index in [-0.39, 0.29) is 0 Å². The van der Waals surface area contributed by atoms with Crippen LogP contribution in [0.1, 0.15) is 11.4 Å². The maximum atomic E-state index is 9.00. The van der Waals surface area contributed by atoms with Crippen LogP contribution in [0.5, 0.6) is 0 Å². The van der Waals surface area contributed by atoms with Crippen molar-refractivity contribution in [2.75, 3.05) is 17.2 Å². The van der Waals surface area contributed by atoms with Crippen molar-refractivity contribution in [1.29, 1.82) is 5.26 Å². The summed E-state index contributed by atoms with van der Waals surface area (Å²) in [6.45, 7) is 2.60. The Balaban J connectivity index is 1.91. The molecule has 2 heterocycles. The van der Waals surface area contributed by atoms with Gasteiger partial charge in [-0.3, -0.25) is 0 Å².